The molecule has 0 bridgehead atoms. The second-order valence-electron chi connectivity index (χ2n) is 4.95. The topological polar surface area (TPSA) is 38.0 Å². The predicted molar refractivity (Wildman–Crippen MR) is 63.4 cm³/mol. The van der Waals surface area contributed by atoms with Gasteiger partial charge in [-0.2, -0.15) is 0 Å². The van der Waals surface area contributed by atoms with Gasteiger partial charge in [0, 0.05) is 24.2 Å². The van der Waals surface area contributed by atoms with E-state index in [2.05, 4.69) is 5.32 Å². The molecule has 4 heteroatoms. The molecule has 3 N–H and O–H groups in total. The summed E-state index contributed by atoms with van der Waals surface area (Å²) in [5.74, 6) is -0.484. The first-order valence-electron chi connectivity index (χ1n) is 5.95. The van der Waals surface area contributed by atoms with E-state index in [9.17, 15) is 8.78 Å². The van der Waals surface area contributed by atoms with E-state index in [1.807, 2.05) is 6.92 Å². The molecule has 2 rings (SSSR count). The molecule has 1 fully saturated rings. The van der Waals surface area contributed by atoms with Gasteiger partial charge in [-0.1, -0.05) is 6.07 Å². The van der Waals surface area contributed by atoms with Gasteiger partial charge in [-0.3, -0.25) is 0 Å². The van der Waals surface area contributed by atoms with Crippen LogP contribution in [0.2, 0.25) is 0 Å². The van der Waals surface area contributed by atoms with Crippen molar-refractivity contribution in [3.8, 4) is 0 Å². The number of halogens is 2. The molecule has 1 unspecified atom stereocenters. The number of hydrogen-bond acceptors (Lipinski definition) is 2. The standard InChI is InChI=1S/C13H18F2N2/c1-13(8-16,9-5-6-9)17-7-10-11(14)3-2-4-12(10)15/h2-4,9,17H,5-8,16H2,1H3. The summed E-state index contributed by atoms with van der Waals surface area (Å²) in [5, 5.41) is 3.20. The maximum Gasteiger partial charge on any atom is 0.130 e. The lowest BCUT2D eigenvalue weighted by Crippen LogP contribution is -2.50. The number of nitrogens with two attached hydrogens (primary N) is 1. The lowest BCUT2D eigenvalue weighted by Gasteiger charge is -2.29. The van der Waals surface area contributed by atoms with Gasteiger partial charge in [0.2, 0.25) is 0 Å². The average molecular weight is 240 g/mol. The minimum absolute atomic E-state index is 0.0906. The van der Waals surface area contributed by atoms with Crippen LogP contribution in [0.3, 0.4) is 0 Å². The first-order valence-corrected chi connectivity index (χ1v) is 5.95. The van der Waals surface area contributed by atoms with Gasteiger partial charge in [0.05, 0.1) is 0 Å². The summed E-state index contributed by atoms with van der Waals surface area (Å²) >= 11 is 0. The zero-order chi connectivity index (χ0) is 12.5. The molecule has 94 valence electrons. The fraction of sp³-hybridized carbons (Fsp3) is 0.538. The molecule has 1 atom stereocenters. The Balaban J connectivity index is 2.06. The Kier molecular flexibility index (Phi) is 3.45. The summed E-state index contributed by atoms with van der Waals surface area (Å²) in [7, 11) is 0. The van der Waals surface area contributed by atoms with Crippen molar-refractivity contribution < 1.29 is 8.78 Å². The normalized spacial score (nSPS) is 19.1. The van der Waals surface area contributed by atoms with E-state index in [1.54, 1.807) is 0 Å². The largest absolute Gasteiger partial charge is 0.329 e. The maximum absolute atomic E-state index is 13.4. The van der Waals surface area contributed by atoms with Crippen molar-refractivity contribution in [3.63, 3.8) is 0 Å². The molecule has 0 heterocycles. The van der Waals surface area contributed by atoms with Crippen LogP contribution in [0, 0.1) is 17.6 Å². The van der Waals surface area contributed by atoms with Crippen LogP contribution in [0.15, 0.2) is 18.2 Å². The monoisotopic (exact) mass is 240 g/mol. The Hall–Kier alpha value is -1.00. The van der Waals surface area contributed by atoms with Crippen LogP contribution in [-0.4, -0.2) is 12.1 Å². The first kappa shape index (κ1) is 12.5. The van der Waals surface area contributed by atoms with Crippen molar-refractivity contribution in [2.45, 2.75) is 31.8 Å². The van der Waals surface area contributed by atoms with E-state index in [0.717, 1.165) is 12.8 Å². The lowest BCUT2D eigenvalue weighted by atomic mass is 9.95. The zero-order valence-electron chi connectivity index (χ0n) is 9.97. The van der Waals surface area contributed by atoms with Gasteiger partial charge in [0.15, 0.2) is 0 Å². The summed E-state index contributed by atoms with van der Waals surface area (Å²) in [5.41, 5.74) is 5.62. The van der Waals surface area contributed by atoms with Crippen LogP contribution in [0.1, 0.15) is 25.3 Å². The average Bonchev–Trinajstić information content (AvgIpc) is 3.12. The molecule has 2 nitrogen and oxygen atoms in total. The van der Waals surface area contributed by atoms with Gasteiger partial charge in [-0.15, -0.1) is 0 Å². The number of benzene rings is 1. The first-order chi connectivity index (χ1) is 8.07. The van der Waals surface area contributed by atoms with E-state index in [4.69, 9.17) is 5.73 Å². The minimum atomic E-state index is -0.507. The van der Waals surface area contributed by atoms with E-state index in [1.165, 1.54) is 18.2 Å². The van der Waals surface area contributed by atoms with Gasteiger partial charge >= 0.3 is 0 Å². The third-order valence-corrected chi connectivity index (χ3v) is 3.63. The van der Waals surface area contributed by atoms with E-state index < -0.39 is 11.6 Å². The molecule has 17 heavy (non-hydrogen) atoms. The fourth-order valence-electron chi connectivity index (χ4n) is 2.10. The molecule has 0 radical (unpaired) electrons. The van der Waals surface area contributed by atoms with Crippen LogP contribution in [0.5, 0.6) is 0 Å². The van der Waals surface area contributed by atoms with Gasteiger partial charge in [-0.25, -0.2) is 8.78 Å². The van der Waals surface area contributed by atoms with E-state index in [0.29, 0.717) is 12.5 Å². The molecule has 0 amide bonds. The smallest absolute Gasteiger partial charge is 0.130 e. The number of nitrogens with one attached hydrogen (secondary N) is 1. The van der Waals surface area contributed by atoms with Crippen LogP contribution >= 0.6 is 0 Å². The van der Waals surface area contributed by atoms with Gasteiger partial charge in [0.1, 0.15) is 11.6 Å². The zero-order valence-corrected chi connectivity index (χ0v) is 9.97. The molecule has 1 aliphatic rings. The highest BCUT2D eigenvalue weighted by atomic mass is 19.1. The van der Waals surface area contributed by atoms with Crippen molar-refractivity contribution in [1.29, 1.82) is 0 Å². The van der Waals surface area contributed by atoms with Gasteiger partial charge in [0.25, 0.3) is 0 Å². The maximum atomic E-state index is 13.4. The minimum Gasteiger partial charge on any atom is -0.329 e. The number of hydrogen-bond donors (Lipinski definition) is 2. The SMILES string of the molecule is CC(CN)(NCc1c(F)cccc1F)C1CC1. The quantitative estimate of drug-likeness (QED) is 0.828. The molecule has 1 saturated carbocycles. The Bertz CT molecular complexity index is 384. The van der Waals surface area contributed by atoms with Crippen molar-refractivity contribution in [1.82, 2.24) is 5.32 Å². The molecule has 0 saturated heterocycles. The van der Waals surface area contributed by atoms with E-state index in [-0.39, 0.29) is 17.6 Å². The Labute approximate surface area is 100 Å². The highest BCUT2D eigenvalue weighted by Gasteiger charge is 2.40. The Morgan fingerprint density at radius 1 is 1.35 bits per heavy atom. The molecular formula is C13H18F2N2. The van der Waals surface area contributed by atoms with Crippen LogP contribution in [0.25, 0.3) is 0 Å². The Morgan fingerprint density at radius 3 is 2.41 bits per heavy atom. The highest BCUT2D eigenvalue weighted by Crippen LogP contribution is 2.39. The lowest BCUT2D eigenvalue weighted by molar-refractivity contribution is 0.312. The van der Waals surface area contributed by atoms with Gasteiger partial charge < -0.3 is 11.1 Å². The summed E-state index contributed by atoms with van der Waals surface area (Å²) in [4.78, 5) is 0. The molecule has 1 aromatic carbocycles. The summed E-state index contributed by atoms with van der Waals surface area (Å²) in [6.45, 7) is 2.68. The summed E-state index contributed by atoms with van der Waals surface area (Å²) in [6, 6.07) is 3.92. The van der Waals surface area contributed by atoms with Crippen molar-refractivity contribution in [2.75, 3.05) is 6.54 Å². The molecule has 1 aromatic rings. The van der Waals surface area contributed by atoms with Crippen molar-refractivity contribution in [3.05, 3.63) is 35.4 Å². The molecule has 0 spiro atoms. The third-order valence-electron chi connectivity index (χ3n) is 3.63. The van der Waals surface area contributed by atoms with Crippen LogP contribution in [0.4, 0.5) is 8.78 Å². The third kappa shape index (κ3) is 2.64. The molecule has 1 aliphatic carbocycles. The second-order valence-corrected chi connectivity index (χ2v) is 4.95. The van der Waals surface area contributed by atoms with Crippen molar-refractivity contribution in [2.24, 2.45) is 11.7 Å². The van der Waals surface area contributed by atoms with E-state index >= 15 is 0 Å². The highest BCUT2D eigenvalue weighted by molar-refractivity contribution is 5.20. The Morgan fingerprint density at radius 2 is 1.94 bits per heavy atom. The number of rotatable bonds is 5. The molecular weight excluding hydrogens is 222 g/mol. The van der Waals surface area contributed by atoms with Crippen molar-refractivity contribution >= 4 is 0 Å². The molecule has 0 aromatic heterocycles. The summed E-state index contributed by atoms with van der Waals surface area (Å²) in [6.07, 6.45) is 2.28. The summed E-state index contributed by atoms with van der Waals surface area (Å²) < 4.78 is 26.9. The fourth-order valence-corrected chi connectivity index (χ4v) is 2.10. The van der Waals surface area contributed by atoms with Crippen LogP contribution in [-0.2, 0) is 6.54 Å². The molecule has 0 aliphatic heterocycles. The second kappa shape index (κ2) is 4.70. The van der Waals surface area contributed by atoms with Gasteiger partial charge in [-0.05, 0) is 37.8 Å². The predicted octanol–water partition coefficient (Wildman–Crippen LogP) is 2.18. The van der Waals surface area contributed by atoms with Crippen LogP contribution < -0.4 is 11.1 Å².